The molecule has 33 heavy (non-hydrogen) atoms. The van der Waals surface area contributed by atoms with Crippen molar-refractivity contribution in [3.63, 3.8) is 0 Å². The lowest BCUT2D eigenvalue weighted by atomic mass is 9.70. The van der Waals surface area contributed by atoms with E-state index in [1.807, 2.05) is 44.2 Å². The van der Waals surface area contributed by atoms with Crippen molar-refractivity contribution in [3.05, 3.63) is 65.2 Å². The van der Waals surface area contributed by atoms with Crippen molar-refractivity contribution >= 4 is 15.9 Å². The maximum absolute atomic E-state index is 13.4. The summed E-state index contributed by atoms with van der Waals surface area (Å²) in [4.78, 5) is 12.9. The van der Waals surface area contributed by atoms with Crippen LogP contribution in [0.1, 0.15) is 55.9 Å². The van der Waals surface area contributed by atoms with Gasteiger partial charge in [0.15, 0.2) is 6.10 Å². The topological polar surface area (TPSA) is 93.5 Å². The van der Waals surface area contributed by atoms with E-state index < -0.39 is 27.7 Å². The Bertz CT molecular complexity index is 1250. The molecule has 2 saturated carbocycles. The summed E-state index contributed by atoms with van der Waals surface area (Å²) in [6, 6.07) is 16.6. The van der Waals surface area contributed by atoms with Gasteiger partial charge in [0.2, 0.25) is 0 Å². The maximum atomic E-state index is 13.4. The fourth-order valence-electron chi connectivity index (χ4n) is 6.10. The summed E-state index contributed by atoms with van der Waals surface area (Å²) < 4.78 is 38.8. The van der Waals surface area contributed by atoms with Crippen LogP contribution in [0.2, 0.25) is 0 Å². The third kappa shape index (κ3) is 3.56. The summed E-state index contributed by atoms with van der Waals surface area (Å²) in [5.74, 6) is 0.584. The highest BCUT2D eigenvalue weighted by Crippen LogP contribution is 2.64. The second-order valence-electron chi connectivity index (χ2n) is 10.1. The minimum absolute atomic E-state index is 0.0411. The molecule has 2 aliphatic carbocycles. The smallest absolute Gasteiger partial charge is 0.268 e. The maximum Gasteiger partial charge on any atom is 0.268 e. The van der Waals surface area contributed by atoms with Gasteiger partial charge in [-0.2, -0.15) is 13.7 Å². The number of nitriles is 1. The summed E-state index contributed by atoms with van der Waals surface area (Å²) >= 11 is 0. The van der Waals surface area contributed by atoms with Gasteiger partial charge in [-0.1, -0.05) is 44.2 Å². The Labute approximate surface area is 194 Å². The van der Waals surface area contributed by atoms with Gasteiger partial charge in [-0.05, 0) is 53.5 Å². The van der Waals surface area contributed by atoms with Gasteiger partial charge in [-0.15, -0.1) is 0 Å². The van der Waals surface area contributed by atoms with Crippen LogP contribution in [-0.4, -0.2) is 26.1 Å². The van der Waals surface area contributed by atoms with Gasteiger partial charge in [0.25, 0.3) is 10.1 Å². The highest BCUT2D eigenvalue weighted by Gasteiger charge is 2.65. The third-order valence-electron chi connectivity index (χ3n) is 8.16. The second kappa shape index (κ2) is 7.68. The van der Waals surface area contributed by atoms with E-state index in [1.54, 1.807) is 18.2 Å². The van der Waals surface area contributed by atoms with E-state index >= 15 is 0 Å². The fourth-order valence-corrected chi connectivity index (χ4v) is 8.00. The number of carbonyl (C=O) groups excluding carboxylic acids is 1. The van der Waals surface area contributed by atoms with Crippen LogP contribution >= 0.6 is 0 Å². The largest absolute Gasteiger partial charge is 0.483 e. The number of benzene rings is 2. The summed E-state index contributed by atoms with van der Waals surface area (Å²) in [7, 11) is -4.04. The standard InChI is InChI=1S/C26H27NO5S/c1-25(2)20-10-11-26(25,23(28)14-20)16-33(29,30)32-22-13-19-12-17(15-27)8-9-21(19)31-24(22)18-6-4-3-5-7-18/h3-9,12,20,22,24H,10-11,13-14,16H2,1-2H3/t20-,22+,24-,26-/m1/s1. The molecule has 5 rings (SSSR count). The molecule has 0 radical (unpaired) electrons. The first-order chi connectivity index (χ1) is 15.6. The molecule has 7 heteroatoms. The molecule has 2 aromatic rings. The van der Waals surface area contributed by atoms with Gasteiger partial charge in [0.1, 0.15) is 17.6 Å². The molecule has 172 valence electrons. The van der Waals surface area contributed by atoms with Crippen LogP contribution in [0.3, 0.4) is 0 Å². The Hall–Kier alpha value is -2.69. The Morgan fingerprint density at radius 1 is 1.15 bits per heavy atom. The number of hydrogen-bond acceptors (Lipinski definition) is 6. The minimum Gasteiger partial charge on any atom is -0.483 e. The molecule has 2 fully saturated rings. The van der Waals surface area contributed by atoms with Crippen molar-refractivity contribution in [2.45, 2.75) is 51.7 Å². The quantitative estimate of drug-likeness (QED) is 0.610. The molecule has 0 unspecified atom stereocenters. The summed E-state index contributed by atoms with van der Waals surface area (Å²) in [6.07, 6.45) is 0.777. The molecule has 0 saturated heterocycles. The van der Waals surface area contributed by atoms with E-state index in [0.29, 0.717) is 24.2 Å². The van der Waals surface area contributed by atoms with Crippen molar-refractivity contribution in [2.24, 2.45) is 16.7 Å². The number of fused-ring (bicyclic) bond motifs is 3. The molecular formula is C26H27NO5S. The number of nitrogens with zero attached hydrogens (tertiary/aromatic N) is 1. The van der Waals surface area contributed by atoms with E-state index in [1.165, 1.54) is 0 Å². The Morgan fingerprint density at radius 3 is 2.55 bits per heavy atom. The third-order valence-corrected chi connectivity index (χ3v) is 9.55. The Morgan fingerprint density at radius 2 is 1.91 bits per heavy atom. The number of Topliss-reactive ketones (excluding diaryl/α,β-unsaturated/α-hetero) is 1. The van der Waals surface area contributed by atoms with Crippen LogP contribution in [0, 0.1) is 28.1 Å². The number of rotatable bonds is 5. The zero-order chi connectivity index (χ0) is 23.4. The van der Waals surface area contributed by atoms with Crippen molar-refractivity contribution in [3.8, 4) is 11.8 Å². The predicted molar refractivity (Wildman–Crippen MR) is 122 cm³/mol. The van der Waals surface area contributed by atoms with Crippen LogP contribution in [0.4, 0.5) is 0 Å². The average Bonchev–Trinajstić information content (AvgIpc) is 3.12. The lowest BCUT2D eigenvalue weighted by Gasteiger charge is -2.37. The first kappa shape index (κ1) is 22.1. The molecular weight excluding hydrogens is 438 g/mol. The molecule has 0 N–H and O–H groups in total. The van der Waals surface area contributed by atoms with Crippen molar-refractivity contribution in [2.75, 3.05) is 5.75 Å². The lowest BCUT2D eigenvalue weighted by Crippen LogP contribution is -2.44. The number of hydrogen-bond donors (Lipinski definition) is 0. The second-order valence-corrected chi connectivity index (χ2v) is 11.7. The monoisotopic (exact) mass is 465 g/mol. The van der Waals surface area contributed by atoms with E-state index in [2.05, 4.69) is 6.07 Å². The van der Waals surface area contributed by atoms with Crippen molar-refractivity contribution in [1.82, 2.24) is 0 Å². The SMILES string of the molecule is CC1(C)[C@@H]2CC[C@@]1(CS(=O)(=O)O[C@H]1Cc3cc(C#N)ccc3O[C@@H]1c1ccccc1)C(=O)C2. The normalized spacial score (nSPS) is 29.8. The van der Waals surface area contributed by atoms with Gasteiger partial charge >= 0.3 is 0 Å². The van der Waals surface area contributed by atoms with Crippen LogP contribution in [-0.2, 0) is 25.5 Å². The molecule has 6 nitrogen and oxygen atoms in total. The summed E-state index contributed by atoms with van der Waals surface area (Å²) in [5, 5.41) is 9.26. The van der Waals surface area contributed by atoms with E-state index in [4.69, 9.17) is 8.92 Å². The Kier molecular flexibility index (Phi) is 5.15. The summed E-state index contributed by atoms with van der Waals surface area (Å²) in [6.45, 7) is 4.03. The highest BCUT2D eigenvalue weighted by atomic mass is 32.2. The molecule has 0 aromatic heterocycles. The molecule has 3 aliphatic rings. The van der Waals surface area contributed by atoms with Crippen molar-refractivity contribution < 1.29 is 22.1 Å². The van der Waals surface area contributed by atoms with Crippen LogP contribution < -0.4 is 4.74 Å². The van der Waals surface area contributed by atoms with Crippen LogP contribution in [0.25, 0.3) is 0 Å². The van der Waals surface area contributed by atoms with Crippen LogP contribution in [0.15, 0.2) is 48.5 Å². The molecule has 1 heterocycles. The molecule has 0 amide bonds. The molecule has 0 spiro atoms. The van der Waals surface area contributed by atoms with Gasteiger partial charge in [-0.3, -0.25) is 8.98 Å². The van der Waals surface area contributed by atoms with E-state index in [9.17, 15) is 18.5 Å². The zero-order valence-corrected chi connectivity index (χ0v) is 19.6. The van der Waals surface area contributed by atoms with Crippen LogP contribution in [0.5, 0.6) is 5.75 Å². The molecule has 1 aliphatic heterocycles. The Balaban J connectivity index is 1.47. The molecule has 4 atom stereocenters. The summed E-state index contributed by atoms with van der Waals surface area (Å²) in [5.41, 5.74) is 0.768. The van der Waals surface area contributed by atoms with E-state index in [-0.39, 0.29) is 29.3 Å². The number of carbonyl (C=O) groups is 1. The van der Waals surface area contributed by atoms with Gasteiger partial charge in [-0.25, -0.2) is 0 Å². The van der Waals surface area contributed by atoms with Crippen molar-refractivity contribution in [1.29, 1.82) is 5.26 Å². The predicted octanol–water partition coefficient (Wildman–Crippen LogP) is 4.34. The van der Waals surface area contributed by atoms with Gasteiger partial charge in [0.05, 0.1) is 22.8 Å². The minimum atomic E-state index is -4.04. The van der Waals surface area contributed by atoms with Gasteiger partial charge in [0, 0.05) is 12.8 Å². The fraction of sp³-hybridized carbons (Fsp3) is 0.462. The molecule has 2 bridgehead atoms. The zero-order valence-electron chi connectivity index (χ0n) is 18.8. The number of ketones is 1. The average molecular weight is 466 g/mol. The first-order valence-corrected chi connectivity index (χ1v) is 12.9. The van der Waals surface area contributed by atoms with E-state index in [0.717, 1.165) is 17.5 Å². The lowest BCUT2D eigenvalue weighted by molar-refractivity contribution is -0.128. The molecule has 2 aromatic carbocycles. The van der Waals surface area contributed by atoms with Gasteiger partial charge < -0.3 is 4.74 Å². The first-order valence-electron chi connectivity index (χ1n) is 11.3. The number of ether oxygens (including phenoxy) is 1. The highest BCUT2D eigenvalue weighted by molar-refractivity contribution is 7.86.